The van der Waals surface area contributed by atoms with E-state index in [1.807, 2.05) is 48.5 Å². The van der Waals surface area contributed by atoms with E-state index in [-0.39, 0.29) is 12.7 Å². The predicted octanol–water partition coefficient (Wildman–Crippen LogP) is 2.72. The zero-order chi connectivity index (χ0) is 17.9. The highest BCUT2D eigenvalue weighted by Gasteiger charge is 2.30. The third-order valence-corrected chi connectivity index (χ3v) is 3.76. The average Bonchev–Trinajstić information content (AvgIpc) is 3.08. The molecule has 0 atom stereocenters. The monoisotopic (exact) mass is 353 g/mol. The number of anilines is 1. The van der Waals surface area contributed by atoms with Crippen molar-refractivity contribution in [1.29, 1.82) is 0 Å². The highest BCUT2D eigenvalue weighted by atomic mass is 16.6. The lowest BCUT2D eigenvalue weighted by Crippen LogP contribution is -2.21. The first-order valence-corrected chi connectivity index (χ1v) is 7.84. The van der Waals surface area contributed by atoms with Gasteiger partial charge in [-0.3, -0.25) is 5.32 Å². The van der Waals surface area contributed by atoms with Gasteiger partial charge in [-0.1, -0.05) is 41.5 Å². The van der Waals surface area contributed by atoms with Gasteiger partial charge in [0.25, 0.3) is 5.95 Å². The zero-order valence-electron chi connectivity index (χ0n) is 13.8. The third kappa shape index (κ3) is 3.07. The van der Waals surface area contributed by atoms with E-state index in [1.165, 1.54) is 11.9 Å². The highest BCUT2D eigenvalue weighted by molar-refractivity contribution is 5.82. The number of carbonyl (C=O) groups excluding carboxylic acids is 1. The number of ether oxygens (including phenoxy) is 3. The van der Waals surface area contributed by atoms with Gasteiger partial charge in [-0.25, -0.2) is 4.79 Å². The number of carbonyl (C=O) groups is 1. The Labute approximate surface area is 148 Å². The number of rotatable bonds is 4. The van der Waals surface area contributed by atoms with E-state index in [9.17, 15) is 4.79 Å². The Hall–Kier alpha value is -3.46. The van der Waals surface area contributed by atoms with E-state index in [0.29, 0.717) is 11.5 Å². The molecule has 1 aliphatic rings. The van der Waals surface area contributed by atoms with Gasteiger partial charge in [0.2, 0.25) is 0 Å². The summed E-state index contributed by atoms with van der Waals surface area (Å²) < 4.78 is 16.4. The van der Waals surface area contributed by atoms with Crippen LogP contribution in [0.15, 0.2) is 48.5 Å². The van der Waals surface area contributed by atoms with E-state index >= 15 is 0 Å². The van der Waals surface area contributed by atoms with Crippen molar-refractivity contribution in [2.75, 3.05) is 12.4 Å². The Bertz CT molecular complexity index is 897. The number of hydrogen-bond acceptors (Lipinski definition) is 7. The summed E-state index contributed by atoms with van der Waals surface area (Å²) in [7, 11) is 1.50. The number of amides is 1. The van der Waals surface area contributed by atoms with Crippen molar-refractivity contribution in [3.05, 3.63) is 59.7 Å². The topological polar surface area (TPSA) is 100 Å². The van der Waals surface area contributed by atoms with Crippen molar-refractivity contribution >= 4 is 12.0 Å². The van der Waals surface area contributed by atoms with Crippen molar-refractivity contribution in [2.24, 2.45) is 0 Å². The molecule has 0 unspecified atom stereocenters. The predicted molar refractivity (Wildman–Crippen MR) is 89.7 cm³/mol. The molecule has 0 radical (unpaired) electrons. The molecule has 9 heteroatoms. The second kappa shape index (κ2) is 6.81. The van der Waals surface area contributed by atoms with E-state index in [1.54, 1.807) is 0 Å². The maximum Gasteiger partial charge on any atom is 0.415 e. The lowest BCUT2D eigenvalue weighted by atomic mass is 9.97. The summed E-state index contributed by atoms with van der Waals surface area (Å²) >= 11 is 0. The van der Waals surface area contributed by atoms with Crippen molar-refractivity contribution < 1.29 is 19.0 Å². The van der Waals surface area contributed by atoms with Gasteiger partial charge in [0.05, 0.1) is 0 Å². The molecular formula is C17H15N5O4. The molecule has 1 aromatic heterocycles. The van der Waals surface area contributed by atoms with Crippen LogP contribution in [0.5, 0.6) is 11.5 Å². The summed E-state index contributed by atoms with van der Waals surface area (Å²) in [5, 5.41) is 13.9. The Morgan fingerprint density at radius 2 is 1.81 bits per heavy atom. The summed E-state index contributed by atoms with van der Waals surface area (Å²) in [6, 6.07) is 14.8. The molecule has 1 N–H and O–H groups in total. The summed E-state index contributed by atoms with van der Waals surface area (Å²) in [6.07, 6.45) is -1.30. The first-order valence-electron chi connectivity index (χ1n) is 7.84. The van der Waals surface area contributed by atoms with Crippen LogP contribution in [-0.4, -0.2) is 33.4 Å². The summed E-state index contributed by atoms with van der Waals surface area (Å²) in [4.78, 5) is 13.5. The molecule has 0 aliphatic carbocycles. The molecule has 2 aromatic carbocycles. The minimum atomic E-state index is -0.696. The molecule has 0 fully saturated rings. The molecule has 0 saturated carbocycles. The smallest absolute Gasteiger partial charge is 0.415 e. The normalized spacial score (nSPS) is 12.7. The van der Waals surface area contributed by atoms with Crippen LogP contribution in [0.4, 0.5) is 10.7 Å². The molecule has 3 aromatic rings. The molecule has 0 saturated heterocycles. The fraction of sp³-hybridized carbons (Fsp3) is 0.176. The lowest BCUT2D eigenvalue weighted by molar-refractivity contribution is 0.107. The van der Waals surface area contributed by atoms with E-state index in [4.69, 9.17) is 14.2 Å². The molecule has 132 valence electrons. The first kappa shape index (κ1) is 16.0. The summed E-state index contributed by atoms with van der Waals surface area (Å²) in [5.74, 6) is 1.32. The Morgan fingerprint density at radius 1 is 1.15 bits per heavy atom. The number of methoxy groups -OCH3 is 1. The number of aromatic nitrogens is 4. The van der Waals surface area contributed by atoms with E-state index < -0.39 is 12.2 Å². The highest BCUT2D eigenvalue weighted by Crippen LogP contribution is 2.44. The van der Waals surface area contributed by atoms with Crippen molar-refractivity contribution in [2.45, 2.75) is 12.8 Å². The van der Waals surface area contributed by atoms with Crippen molar-refractivity contribution in [1.82, 2.24) is 20.2 Å². The number of para-hydroxylation sites is 2. The minimum absolute atomic E-state index is 0.0284. The molecule has 1 aliphatic heterocycles. The van der Waals surface area contributed by atoms with Crippen LogP contribution in [-0.2, 0) is 16.2 Å². The van der Waals surface area contributed by atoms with Gasteiger partial charge in [-0.15, -0.1) is 9.90 Å². The molecule has 0 spiro atoms. The summed E-state index contributed by atoms with van der Waals surface area (Å²) in [6.45, 7) is 0.129. The van der Waals surface area contributed by atoms with Gasteiger partial charge in [-0.2, -0.15) is 0 Å². The average molecular weight is 353 g/mol. The summed E-state index contributed by atoms with van der Waals surface area (Å²) in [5.41, 5.74) is 1.52. The lowest BCUT2D eigenvalue weighted by Gasteiger charge is -2.27. The van der Waals surface area contributed by atoms with E-state index in [0.717, 1.165) is 11.1 Å². The molecule has 1 amide bonds. The number of nitrogens with one attached hydrogen (secondary N) is 1. The third-order valence-electron chi connectivity index (χ3n) is 3.76. The Morgan fingerprint density at radius 3 is 2.46 bits per heavy atom. The molecule has 4 rings (SSSR count). The Kier molecular flexibility index (Phi) is 4.20. The zero-order valence-corrected chi connectivity index (χ0v) is 13.8. The van der Waals surface area contributed by atoms with E-state index in [2.05, 4.69) is 20.7 Å². The Balaban J connectivity index is 1.56. The van der Waals surface area contributed by atoms with Crippen LogP contribution in [0.2, 0.25) is 0 Å². The quantitative estimate of drug-likeness (QED) is 0.769. The molecular weight excluding hydrogens is 338 g/mol. The van der Waals surface area contributed by atoms with Gasteiger partial charge in [-0.05, 0) is 17.3 Å². The molecule has 26 heavy (non-hydrogen) atoms. The SMILES string of the molecule is COCn1nnc(NC(=O)OC2c3ccccc3Oc3ccccc32)n1. The molecule has 0 bridgehead atoms. The number of benzene rings is 2. The maximum atomic E-state index is 12.3. The van der Waals surface area contributed by atoms with Gasteiger partial charge in [0, 0.05) is 18.2 Å². The number of hydrogen-bond donors (Lipinski definition) is 1. The maximum absolute atomic E-state index is 12.3. The second-order valence-corrected chi connectivity index (χ2v) is 5.49. The van der Waals surface area contributed by atoms with Gasteiger partial charge in [0.15, 0.2) is 12.8 Å². The largest absolute Gasteiger partial charge is 0.456 e. The van der Waals surface area contributed by atoms with Crippen LogP contribution < -0.4 is 10.1 Å². The minimum Gasteiger partial charge on any atom is -0.456 e. The first-order chi connectivity index (χ1) is 12.7. The second-order valence-electron chi connectivity index (χ2n) is 5.49. The van der Waals surface area contributed by atoms with Gasteiger partial charge >= 0.3 is 6.09 Å². The molecule has 2 heterocycles. The van der Waals surface area contributed by atoms with Crippen LogP contribution >= 0.6 is 0 Å². The number of fused-ring (bicyclic) bond motifs is 2. The number of tetrazole rings is 1. The van der Waals surface area contributed by atoms with Crippen molar-refractivity contribution in [3.8, 4) is 11.5 Å². The van der Waals surface area contributed by atoms with Gasteiger partial charge in [0.1, 0.15) is 11.5 Å². The number of nitrogens with zero attached hydrogens (tertiary/aromatic N) is 4. The van der Waals surface area contributed by atoms with Gasteiger partial charge < -0.3 is 14.2 Å². The standard InChI is InChI=1S/C17H15N5O4/c1-24-10-22-20-16(19-21-22)18-17(23)26-15-11-6-2-4-8-13(11)25-14-9-5-3-7-12(14)15/h2-9,15H,10H2,1H3,(H,18,20,23). The van der Waals surface area contributed by atoms with Crippen LogP contribution in [0.3, 0.4) is 0 Å². The van der Waals surface area contributed by atoms with Crippen LogP contribution in [0.1, 0.15) is 17.2 Å². The molecule has 9 nitrogen and oxygen atoms in total. The van der Waals surface area contributed by atoms with Crippen LogP contribution in [0, 0.1) is 0 Å². The fourth-order valence-electron chi connectivity index (χ4n) is 2.68. The van der Waals surface area contributed by atoms with Crippen LogP contribution in [0.25, 0.3) is 0 Å². The van der Waals surface area contributed by atoms with Crippen molar-refractivity contribution in [3.63, 3.8) is 0 Å². The fourth-order valence-corrected chi connectivity index (χ4v) is 2.68.